The van der Waals surface area contributed by atoms with Gasteiger partial charge >= 0.3 is 0 Å². The zero-order valence-electron chi connectivity index (χ0n) is 14.4. The molecule has 1 aliphatic rings. The molecule has 0 amide bonds. The number of hydrogen-bond acceptors (Lipinski definition) is 2. The first-order valence-corrected chi connectivity index (χ1v) is 9.68. The van der Waals surface area contributed by atoms with Crippen LogP contribution >= 0.6 is 0 Å². The highest BCUT2D eigenvalue weighted by molar-refractivity contribution is 7.89. The van der Waals surface area contributed by atoms with Gasteiger partial charge in [-0.25, -0.2) is 13.1 Å². The predicted molar refractivity (Wildman–Crippen MR) is 90.0 cm³/mol. The van der Waals surface area contributed by atoms with Crippen LogP contribution in [0.5, 0.6) is 0 Å². The van der Waals surface area contributed by atoms with Gasteiger partial charge in [0.25, 0.3) is 0 Å². The SMILES string of the molecule is CC[NH+]1CCCC1CNS(=O)(=O)c1c(C)c(C)cc(C)c1C. The summed E-state index contributed by atoms with van der Waals surface area (Å²) in [7, 11) is -3.45. The van der Waals surface area contributed by atoms with E-state index in [0.717, 1.165) is 41.8 Å². The van der Waals surface area contributed by atoms with Crippen LogP contribution < -0.4 is 9.62 Å². The van der Waals surface area contributed by atoms with Gasteiger partial charge in [0.05, 0.1) is 24.5 Å². The van der Waals surface area contributed by atoms with Crippen molar-refractivity contribution in [2.24, 2.45) is 0 Å². The Bertz CT molecular complexity index is 627. The molecule has 1 aromatic rings. The molecule has 1 fully saturated rings. The zero-order chi connectivity index (χ0) is 16.5. The number of likely N-dealkylation sites (tertiary alicyclic amines) is 1. The van der Waals surface area contributed by atoms with Crippen molar-refractivity contribution in [2.45, 2.75) is 58.4 Å². The number of quaternary nitrogens is 1. The summed E-state index contributed by atoms with van der Waals surface area (Å²) in [6.07, 6.45) is 2.30. The minimum atomic E-state index is -3.45. The molecule has 1 aromatic carbocycles. The molecule has 2 atom stereocenters. The monoisotopic (exact) mass is 325 g/mol. The molecule has 4 nitrogen and oxygen atoms in total. The molecule has 2 unspecified atom stereocenters. The summed E-state index contributed by atoms with van der Waals surface area (Å²) in [6.45, 7) is 12.7. The van der Waals surface area contributed by atoms with Crippen molar-refractivity contribution in [2.75, 3.05) is 19.6 Å². The summed E-state index contributed by atoms with van der Waals surface area (Å²) < 4.78 is 28.5. The fourth-order valence-corrected chi connectivity index (χ4v) is 5.25. The second kappa shape index (κ2) is 6.69. The number of nitrogens with one attached hydrogen (secondary N) is 2. The highest BCUT2D eigenvalue weighted by Crippen LogP contribution is 2.25. The summed E-state index contributed by atoms with van der Waals surface area (Å²) in [5, 5.41) is 0. The Labute approximate surface area is 135 Å². The van der Waals surface area contributed by atoms with Gasteiger partial charge in [0.2, 0.25) is 10.0 Å². The average molecular weight is 325 g/mol. The highest BCUT2D eigenvalue weighted by atomic mass is 32.2. The molecule has 0 radical (unpaired) electrons. The van der Waals surface area contributed by atoms with Gasteiger partial charge in [-0.15, -0.1) is 0 Å². The van der Waals surface area contributed by atoms with Crippen molar-refractivity contribution in [3.63, 3.8) is 0 Å². The maximum atomic E-state index is 12.8. The zero-order valence-corrected chi connectivity index (χ0v) is 15.2. The molecule has 22 heavy (non-hydrogen) atoms. The van der Waals surface area contributed by atoms with E-state index >= 15 is 0 Å². The lowest BCUT2D eigenvalue weighted by molar-refractivity contribution is -0.909. The van der Waals surface area contributed by atoms with E-state index in [4.69, 9.17) is 0 Å². The van der Waals surface area contributed by atoms with E-state index < -0.39 is 10.0 Å². The lowest BCUT2D eigenvalue weighted by Crippen LogP contribution is -3.14. The van der Waals surface area contributed by atoms with Crippen LogP contribution in [0.15, 0.2) is 11.0 Å². The van der Waals surface area contributed by atoms with Crippen molar-refractivity contribution in [1.29, 1.82) is 0 Å². The largest absolute Gasteiger partial charge is 0.332 e. The van der Waals surface area contributed by atoms with Gasteiger partial charge in [-0.1, -0.05) is 6.07 Å². The Balaban J connectivity index is 2.24. The maximum Gasteiger partial charge on any atom is 0.241 e. The van der Waals surface area contributed by atoms with Gasteiger partial charge in [-0.3, -0.25) is 0 Å². The molecular weight excluding hydrogens is 296 g/mol. The molecule has 2 N–H and O–H groups in total. The summed E-state index contributed by atoms with van der Waals surface area (Å²) in [5.41, 5.74) is 3.79. The number of benzene rings is 1. The highest BCUT2D eigenvalue weighted by Gasteiger charge is 2.29. The van der Waals surface area contributed by atoms with E-state index in [1.165, 1.54) is 11.3 Å². The first-order chi connectivity index (χ1) is 10.3. The van der Waals surface area contributed by atoms with E-state index in [1.807, 2.05) is 27.7 Å². The molecule has 2 rings (SSSR count). The third-order valence-corrected chi connectivity index (χ3v) is 6.86. The van der Waals surface area contributed by atoms with E-state index in [1.54, 1.807) is 0 Å². The van der Waals surface area contributed by atoms with Gasteiger partial charge in [0.1, 0.15) is 6.04 Å². The molecule has 0 spiro atoms. The van der Waals surface area contributed by atoms with Gasteiger partial charge in [-0.05, 0) is 56.9 Å². The van der Waals surface area contributed by atoms with Gasteiger partial charge in [0, 0.05) is 12.8 Å². The van der Waals surface area contributed by atoms with Crippen molar-refractivity contribution in [3.05, 3.63) is 28.3 Å². The molecule has 0 aliphatic carbocycles. The van der Waals surface area contributed by atoms with Crippen LogP contribution in [0.25, 0.3) is 0 Å². The van der Waals surface area contributed by atoms with Crippen molar-refractivity contribution in [3.8, 4) is 0 Å². The lowest BCUT2D eigenvalue weighted by Gasteiger charge is -2.21. The number of likely N-dealkylation sites (N-methyl/N-ethyl adjacent to an activating group) is 1. The summed E-state index contributed by atoms with van der Waals surface area (Å²) >= 11 is 0. The van der Waals surface area contributed by atoms with Crippen LogP contribution in [-0.4, -0.2) is 34.1 Å². The molecule has 124 valence electrons. The van der Waals surface area contributed by atoms with Crippen molar-refractivity contribution in [1.82, 2.24) is 4.72 Å². The molecule has 0 saturated carbocycles. The number of aryl methyl sites for hydroxylation is 2. The number of rotatable bonds is 5. The predicted octanol–water partition coefficient (Wildman–Crippen LogP) is 1.27. The topological polar surface area (TPSA) is 50.6 Å². The Morgan fingerprint density at radius 1 is 1.18 bits per heavy atom. The van der Waals surface area contributed by atoms with Crippen LogP contribution in [0.3, 0.4) is 0 Å². The van der Waals surface area contributed by atoms with Gasteiger partial charge in [-0.2, -0.15) is 0 Å². The molecule has 0 bridgehead atoms. The average Bonchev–Trinajstić information content (AvgIpc) is 2.90. The van der Waals surface area contributed by atoms with Gasteiger partial charge in [0.15, 0.2) is 0 Å². The fraction of sp³-hybridized carbons (Fsp3) is 0.647. The van der Waals surface area contributed by atoms with E-state index in [0.29, 0.717) is 17.5 Å². The standard InChI is InChI=1S/C17H28N2O2S/c1-6-19-9-7-8-16(19)11-18-22(20,21)17-14(4)12(2)10-13(3)15(17)5/h10,16,18H,6-9,11H2,1-5H3/p+1. The molecule has 1 heterocycles. The van der Waals surface area contributed by atoms with Crippen molar-refractivity contribution >= 4 is 10.0 Å². The number of sulfonamides is 1. The molecule has 1 saturated heterocycles. The lowest BCUT2D eigenvalue weighted by atomic mass is 10.0. The second-order valence-corrected chi connectivity index (χ2v) is 8.25. The third-order valence-electron chi connectivity index (χ3n) is 5.17. The molecular formula is C17H29N2O2S+. The smallest absolute Gasteiger partial charge is 0.241 e. The summed E-state index contributed by atoms with van der Waals surface area (Å²) in [4.78, 5) is 1.98. The number of hydrogen-bond donors (Lipinski definition) is 2. The minimum Gasteiger partial charge on any atom is -0.332 e. The van der Waals surface area contributed by atoms with Crippen LogP contribution in [0, 0.1) is 27.7 Å². The Morgan fingerprint density at radius 2 is 1.77 bits per heavy atom. The van der Waals surface area contributed by atoms with E-state index in [-0.39, 0.29) is 0 Å². The summed E-state index contributed by atoms with van der Waals surface area (Å²) in [6, 6.07) is 2.47. The van der Waals surface area contributed by atoms with E-state index in [2.05, 4.69) is 17.7 Å². The quantitative estimate of drug-likeness (QED) is 0.856. The van der Waals surface area contributed by atoms with Crippen LogP contribution in [0.1, 0.15) is 42.0 Å². The van der Waals surface area contributed by atoms with Crippen LogP contribution in [-0.2, 0) is 10.0 Å². The first kappa shape index (κ1) is 17.4. The molecule has 1 aliphatic heterocycles. The van der Waals surface area contributed by atoms with E-state index in [9.17, 15) is 8.42 Å². The van der Waals surface area contributed by atoms with Crippen LogP contribution in [0.2, 0.25) is 0 Å². The Kier molecular flexibility index (Phi) is 5.30. The van der Waals surface area contributed by atoms with Crippen LogP contribution in [0.4, 0.5) is 0 Å². The molecule has 5 heteroatoms. The second-order valence-electron chi connectivity index (χ2n) is 6.54. The molecule has 0 aromatic heterocycles. The first-order valence-electron chi connectivity index (χ1n) is 8.19. The Hall–Kier alpha value is -0.910. The third kappa shape index (κ3) is 3.36. The normalized spacial score (nSPS) is 22.2. The van der Waals surface area contributed by atoms with Crippen molar-refractivity contribution < 1.29 is 13.3 Å². The minimum absolute atomic E-state index is 0.409. The maximum absolute atomic E-state index is 12.8. The Morgan fingerprint density at radius 3 is 2.32 bits per heavy atom. The fourth-order valence-electron chi connectivity index (χ4n) is 3.56. The van der Waals surface area contributed by atoms with Gasteiger partial charge < -0.3 is 4.90 Å². The summed E-state index contributed by atoms with van der Waals surface area (Å²) in [5.74, 6) is 0.